The summed E-state index contributed by atoms with van der Waals surface area (Å²) in [5, 5.41) is 32.5. The molecular weight excluding hydrogens is 402 g/mol. The summed E-state index contributed by atoms with van der Waals surface area (Å²) in [6.07, 6.45) is -1.86. The summed E-state index contributed by atoms with van der Waals surface area (Å²) >= 11 is 0. The van der Waals surface area contributed by atoms with Crippen molar-refractivity contribution in [2.75, 3.05) is 5.32 Å². The molecule has 1 aliphatic rings. The maximum Gasteiger partial charge on any atom is 0.416 e. The van der Waals surface area contributed by atoms with Gasteiger partial charge in [0.2, 0.25) is 0 Å². The van der Waals surface area contributed by atoms with Crippen LogP contribution in [-0.2, 0) is 6.18 Å². The molecule has 1 aromatic heterocycles. The molecule has 0 unspecified atom stereocenters. The van der Waals surface area contributed by atoms with Crippen molar-refractivity contribution in [2.45, 2.75) is 44.0 Å². The molecule has 3 N–H and O–H groups in total. The molecule has 0 saturated heterocycles. The lowest BCUT2D eigenvalue weighted by atomic mass is 9.92. The number of benzene rings is 2. The van der Waals surface area contributed by atoms with E-state index in [1.807, 2.05) is 0 Å². The van der Waals surface area contributed by atoms with Crippen LogP contribution >= 0.6 is 0 Å². The van der Waals surface area contributed by atoms with Crippen LogP contribution in [0.1, 0.15) is 31.2 Å². The van der Waals surface area contributed by atoms with Crippen molar-refractivity contribution in [1.82, 2.24) is 10.2 Å². The summed E-state index contributed by atoms with van der Waals surface area (Å²) in [6.45, 7) is 0. The predicted octanol–water partition coefficient (Wildman–Crippen LogP) is 4.88. The van der Waals surface area contributed by atoms with Crippen LogP contribution in [0.3, 0.4) is 0 Å². The lowest BCUT2D eigenvalue weighted by molar-refractivity contribution is -0.137. The number of nitrogens with one attached hydrogen (secondary N) is 1. The minimum Gasteiger partial charge on any atom is -0.507 e. The molecule has 0 amide bonds. The topological polar surface area (TPSA) is 78.3 Å². The third-order valence-corrected chi connectivity index (χ3v) is 5.37. The van der Waals surface area contributed by atoms with Crippen molar-refractivity contribution in [3.8, 4) is 17.0 Å². The number of phenols is 1. The first-order chi connectivity index (χ1) is 14.2. The molecule has 1 saturated carbocycles. The molecule has 5 nitrogen and oxygen atoms in total. The molecular formula is C21H19F4N3O2. The third kappa shape index (κ3) is 3.89. The summed E-state index contributed by atoms with van der Waals surface area (Å²) in [4.78, 5) is 0. The Hall–Kier alpha value is -2.94. The summed E-state index contributed by atoms with van der Waals surface area (Å²) in [6, 6.07) is 6.21. The number of aliphatic hydroxyl groups excluding tert-OH is 1. The van der Waals surface area contributed by atoms with Gasteiger partial charge in [-0.25, -0.2) is 4.39 Å². The van der Waals surface area contributed by atoms with Crippen molar-refractivity contribution in [3.63, 3.8) is 0 Å². The van der Waals surface area contributed by atoms with Gasteiger partial charge in [0.25, 0.3) is 0 Å². The Morgan fingerprint density at radius 1 is 0.967 bits per heavy atom. The molecule has 9 heteroatoms. The molecule has 30 heavy (non-hydrogen) atoms. The Kier molecular flexibility index (Phi) is 5.23. The lowest BCUT2D eigenvalue weighted by Crippen LogP contribution is -2.36. The minimum atomic E-state index is -4.61. The molecule has 2 aromatic carbocycles. The Balaban J connectivity index is 1.80. The first-order valence-corrected chi connectivity index (χ1v) is 9.55. The number of fused-ring (bicyclic) bond motifs is 1. The largest absolute Gasteiger partial charge is 0.507 e. The number of hydrogen-bond donors (Lipinski definition) is 3. The summed E-state index contributed by atoms with van der Waals surface area (Å²) in [5.74, 6) is -0.856. The Labute approximate surface area is 169 Å². The number of halogens is 4. The van der Waals surface area contributed by atoms with Crippen molar-refractivity contribution < 1.29 is 27.8 Å². The van der Waals surface area contributed by atoms with Crippen LogP contribution in [0.4, 0.5) is 23.4 Å². The normalized spacial score (nSPS) is 19.8. The zero-order chi connectivity index (χ0) is 21.5. The number of aliphatic hydroxyl groups is 1. The number of hydrogen-bond acceptors (Lipinski definition) is 5. The molecule has 0 aliphatic heterocycles. The van der Waals surface area contributed by atoms with Gasteiger partial charge in [-0.15, -0.1) is 10.2 Å². The highest BCUT2D eigenvalue weighted by atomic mass is 19.4. The number of aromatic hydroxyl groups is 1. The van der Waals surface area contributed by atoms with Crippen LogP contribution < -0.4 is 5.32 Å². The van der Waals surface area contributed by atoms with Crippen LogP contribution in [-0.4, -0.2) is 32.6 Å². The molecule has 158 valence electrons. The van der Waals surface area contributed by atoms with Gasteiger partial charge in [0.15, 0.2) is 5.82 Å². The zero-order valence-corrected chi connectivity index (χ0v) is 15.7. The molecule has 1 aliphatic carbocycles. The molecule has 3 aromatic rings. The summed E-state index contributed by atoms with van der Waals surface area (Å²) in [7, 11) is 0. The van der Waals surface area contributed by atoms with Crippen LogP contribution in [0.25, 0.3) is 22.0 Å². The molecule has 1 heterocycles. The van der Waals surface area contributed by atoms with Crippen molar-refractivity contribution in [3.05, 3.63) is 47.8 Å². The van der Waals surface area contributed by atoms with Crippen molar-refractivity contribution in [2.24, 2.45) is 0 Å². The summed E-state index contributed by atoms with van der Waals surface area (Å²) < 4.78 is 52.7. The average molecular weight is 421 g/mol. The number of rotatable bonds is 3. The van der Waals surface area contributed by atoms with Crippen LogP contribution in [0.2, 0.25) is 0 Å². The smallest absolute Gasteiger partial charge is 0.416 e. The van der Waals surface area contributed by atoms with E-state index in [9.17, 15) is 27.8 Å². The van der Waals surface area contributed by atoms with E-state index in [4.69, 9.17) is 0 Å². The van der Waals surface area contributed by atoms with E-state index in [-0.39, 0.29) is 22.7 Å². The highest BCUT2D eigenvalue weighted by Gasteiger charge is 2.31. The van der Waals surface area contributed by atoms with Gasteiger partial charge in [-0.05, 0) is 49.2 Å². The maximum atomic E-state index is 14.0. The molecule has 0 bridgehead atoms. The maximum absolute atomic E-state index is 14.0. The average Bonchev–Trinajstić information content (AvgIpc) is 2.69. The van der Waals surface area contributed by atoms with E-state index < -0.39 is 29.4 Å². The van der Waals surface area contributed by atoms with Gasteiger partial charge in [-0.1, -0.05) is 12.8 Å². The Morgan fingerprint density at radius 2 is 1.73 bits per heavy atom. The third-order valence-electron chi connectivity index (χ3n) is 5.37. The molecule has 4 rings (SSSR count). The van der Waals surface area contributed by atoms with Gasteiger partial charge in [0, 0.05) is 16.3 Å². The predicted molar refractivity (Wildman–Crippen MR) is 103 cm³/mol. The second kappa shape index (κ2) is 7.71. The monoisotopic (exact) mass is 421 g/mol. The van der Waals surface area contributed by atoms with E-state index in [0.717, 1.165) is 31.4 Å². The highest BCUT2D eigenvalue weighted by molar-refractivity contribution is 6.01. The van der Waals surface area contributed by atoms with E-state index in [1.54, 1.807) is 0 Å². The zero-order valence-electron chi connectivity index (χ0n) is 15.7. The van der Waals surface area contributed by atoms with E-state index in [1.165, 1.54) is 18.2 Å². The number of phenolic OH excluding ortho intramolecular Hbond substituents is 1. The lowest BCUT2D eigenvalue weighted by Gasteiger charge is -2.29. The van der Waals surface area contributed by atoms with Crippen molar-refractivity contribution >= 4 is 16.6 Å². The minimum absolute atomic E-state index is 0.00958. The highest BCUT2D eigenvalue weighted by Crippen LogP contribution is 2.39. The van der Waals surface area contributed by atoms with Crippen LogP contribution in [0, 0.1) is 5.82 Å². The number of aromatic nitrogens is 2. The van der Waals surface area contributed by atoms with Crippen molar-refractivity contribution in [1.29, 1.82) is 0 Å². The van der Waals surface area contributed by atoms with E-state index in [0.29, 0.717) is 23.7 Å². The fourth-order valence-electron chi connectivity index (χ4n) is 3.80. The number of anilines is 1. The van der Waals surface area contributed by atoms with Crippen LogP contribution in [0.15, 0.2) is 36.4 Å². The SMILES string of the molecule is Oc1cc(C(F)(F)F)ccc1-c1nnc(N[C@@H]2CCCC[C@H]2O)c2ccc(F)cc12. The van der Waals surface area contributed by atoms with E-state index >= 15 is 0 Å². The van der Waals surface area contributed by atoms with Gasteiger partial charge in [0.1, 0.15) is 17.3 Å². The molecule has 1 fully saturated rings. The van der Waals surface area contributed by atoms with Gasteiger partial charge in [-0.3, -0.25) is 0 Å². The van der Waals surface area contributed by atoms with Gasteiger partial charge in [-0.2, -0.15) is 13.2 Å². The molecule has 0 radical (unpaired) electrons. The van der Waals surface area contributed by atoms with Gasteiger partial charge in [0.05, 0.1) is 17.7 Å². The first-order valence-electron chi connectivity index (χ1n) is 9.55. The van der Waals surface area contributed by atoms with Gasteiger partial charge >= 0.3 is 6.18 Å². The second-order valence-corrected chi connectivity index (χ2v) is 7.42. The van der Waals surface area contributed by atoms with E-state index in [2.05, 4.69) is 15.5 Å². The number of alkyl halides is 3. The Morgan fingerprint density at radius 3 is 2.43 bits per heavy atom. The fourth-order valence-corrected chi connectivity index (χ4v) is 3.80. The van der Waals surface area contributed by atoms with Crippen LogP contribution in [0.5, 0.6) is 5.75 Å². The fraction of sp³-hybridized carbons (Fsp3) is 0.333. The summed E-state index contributed by atoms with van der Waals surface area (Å²) in [5.41, 5.74) is -0.933. The molecule has 2 atom stereocenters. The number of nitrogens with zero attached hydrogens (tertiary/aromatic N) is 2. The second-order valence-electron chi connectivity index (χ2n) is 7.42. The van der Waals surface area contributed by atoms with Gasteiger partial charge < -0.3 is 15.5 Å². The molecule has 0 spiro atoms. The first kappa shape index (κ1) is 20.3. The quantitative estimate of drug-likeness (QED) is 0.526. The standard InChI is InChI=1S/C21H19F4N3O2/c22-12-6-8-13-15(10-12)19(14-7-5-11(9-18(14)30)21(23,24)25)27-28-20(13)26-16-3-1-2-4-17(16)29/h5-10,16-17,29-30H,1-4H2,(H,26,28)/t16-,17-/m1/s1. The Bertz CT molecular complexity index is 1090.